The molecule has 2 bridgehead atoms. The Bertz CT molecular complexity index is 356. The Balaban J connectivity index is 1.78. The van der Waals surface area contributed by atoms with Crippen LogP contribution in [0.3, 0.4) is 0 Å². The summed E-state index contributed by atoms with van der Waals surface area (Å²) in [5.74, 6) is 4.15. The zero-order chi connectivity index (χ0) is 14.6. The standard InChI is InChI=1S/C16H24O3S2/c1-2-15-12-16(3-1)14-19-7-11-21-9-5-17-4-8-20-10-6-18-13-15/h1-3,12H,4-11,13-14H2. The summed E-state index contributed by atoms with van der Waals surface area (Å²) in [5, 5.41) is 0. The molecule has 1 heterocycles. The summed E-state index contributed by atoms with van der Waals surface area (Å²) in [4.78, 5) is 0. The molecule has 0 saturated carbocycles. The van der Waals surface area contributed by atoms with Crippen molar-refractivity contribution in [2.24, 2.45) is 0 Å². The van der Waals surface area contributed by atoms with Gasteiger partial charge in [-0.25, -0.2) is 0 Å². The van der Waals surface area contributed by atoms with Crippen molar-refractivity contribution in [3.63, 3.8) is 0 Å². The van der Waals surface area contributed by atoms with Crippen molar-refractivity contribution in [3.05, 3.63) is 35.4 Å². The molecule has 0 fully saturated rings. The van der Waals surface area contributed by atoms with Gasteiger partial charge in [0.15, 0.2) is 0 Å². The van der Waals surface area contributed by atoms with Crippen LogP contribution in [0.4, 0.5) is 0 Å². The molecule has 0 unspecified atom stereocenters. The van der Waals surface area contributed by atoms with Crippen LogP contribution < -0.4 is 0 Å². The van der Waals surface area contributed by atoms with Gasteiger partial charge < -0.3 is 14.2 Å². The van der Waals surface area contributed by atoms with Crippen LogP contribution in [0.15, 0.2) is 24.3 Å². The second-order valence-corrected chi connectivity index (χ2v) is 7.21. The van der Waals surface area contributed by atoms with Crippen LogP contribution in [0.5, 0.6) is 0 Å². The molecule has 5 heteroatoms. The van der Waals surface area contributed by atoms with Gasteiger partial charge in [-0.3, -0.25) is 0 Å². The van der Waals surface area contributed by atoms with Crippen molar-refractivity contribution in [1.29, 1.82) is 0 Å². The minimum Gasteiger partial charge on any atom is -0.380 e. The van der Waals surface area contributed by atoms with Gasteiger partial charge in [-0.15, -0.1) is 0 Å². The molecular formula is C16H24O3S2. The highest BCUT2D eigenvalue weighted by atomic mass is 32.2. The molecule has 21 heavy (non-hydrogen) atoms. The lowest BCUT2D eigenvalue weighted by molar-refractivity contribution is 0.132. The second kappa shape index (κ2) is 11.4. The van der Waals surface area contributed by atoms with E-state index in [0.717, 1.165) is 49.4 Å². The SMILES string of the molecule is c1cc2cc(c1)COCCSCCOCCSCCOC2. The van der Waals surface area contributed by atoms with Gasteiger partial charge in [0.1, 0.15) is 0 Å². The quantitative estimate of drug-likeness (QED) is 0.729. The molecule has 0 aliphatic carbocycles. The van der Waals surface area contributed by atoms with E-state index in [-0.39, 0.29) is 0 Å². The van der Waals surface area contributed by atoms with E-state index in [4.69, 9.17) is 14.2 Å². The van der Waals surface area contributed by atoms with Gasteiger partial charge in [0.25, 0.3) is 0 Å². The fourth-order valence-electron chi connectivity index (χ4n) is 1.97. The third kappa shape index (κ3) is 8.12. The highest BCUT2D eigenvalue weighted by molar-refractivity contribution is 7.99. The van der Waals surface area contributed by atoms with Crippen molar-refractivity contribution >= 4 is 23.5 Å². The summed E-state index contributed by atoms with van der Waals surface area (Å²) in [6, 6.07) is 8.48. The first-order chi connectivity index (χ1) is 10.4. The van der Waals surface area contributed by atoms with Crippen molar-refractivity contribution < 1.29 is 14.2 Å². The molecule has 0 radical (unpaired) electrons. The number of rotatable bonds is 0. The van der Waals surface area contributed by atoms with E-state index in [2.05, 4.69) is 24.3 Å². The Labute approximate surface area is 136 Å². The fraction of sp³-hybridized carbons (Fsp3) is 0.625. The lowest BCUT2D eigenvalue weighted by Gasteiger charge is -2.09. The predicted octanol–water partition coefficient (Wildman–Crippen LogP) is 3.22. The molecule has 1 aromatic rings. The summed E-state index contributed by atoms with van der Waals surface area (Å²) in [6.07, 6.45) is 0. The average molecular weight is 328 g/mol. The minimum absolute atomic E-state index is 0.681. The van der Waals surface area contributed by atoms with Gasteiger partial charge in [0.2, 0.25) is 0 Å². The Hall–Kier alpha value is -0.200. The maximum absolute atomic E-state index is 5.71. The Kier molecular flexibility index (Phi) is 9.30. The molecule has 1 aliphatic heterocycles. The number of fused-ring (bicyclic) bond motifs is 2. The molecule has 1 aliphatic rings. The van der Waals surface area contributed by atoms with Crippen LogP contribution in [0.25, 0.3) is 0 Å². The van der Waals surface area contributed by atoms with E-state index >= 15 is 0 Å². The van der Waals surface area contributed by atoms with Crippen molar-refractivity contribution in [3.8, 4) is 0 Å². The van der Waals surface area contributed by atoms with E-state index in [1.165, 1.54) is 11.1 Å². The minimum atomic E-state index is 0.681. The van der Waals surface area contributed by atoms with E-state index < -0.39 is 0 Å². The Morgan fingerprint density at radius 2 is 1.14 bits per heavy atom. The first-order valence-corrected chi connectivity index (χ1v) is 9.72. The molecule has 0 N–H and O–H groups in total. The third-order valence-electron chi connectivity index (χ3n) is 3.02. The van der Waals surface area contributed by atoms with Crippen LogP contribution in [0.2, 0.25) is 0 Å². The van der Waals surface area contributed by atoms with E-state index in [0.29, 0.717) is 13.2 Å². The summed E-state index contributed by atoms with van der Waals surface area (Å²) in [5.41, 5.74) is 2.44. The van der Waals surface area contributed by atoms with Crippen LogP contribution in [0.1, 0.15) is 11.1 Å². The van der Waals surface area contributed by atoms with E-state index in [9.17, 15) is 0 Å². The first-order valence-electron chi connectivity index (χ1n) is 7.42. The van der Waals surface area contributed by atoms with Gasteiger partial charge >= 0.3 is 0 Å². The van der Waals surface area contributed by atoms with Crippen LogP contribution >= 0.6 is 23.5 Å². The maximum Gasteiger partial charge on any atom is 0.0717 e. The molecule has 3 nitrogen and oxygen atoms in total. The third-order valence-corrected chi connectivity index (χ3v) is 4.84. The molecule has 0 aromatic heterocycles. The Morgan fingerprint density at radius 1 is 0.667 bits per heavy atom. The van der Waals surface area contributed by atoms with E-state index in [1.54, 1.807) is 0 Å². The largest absolute Gasteiger partial charge is 0.380 e. The smallest absolute Gasteiger partial charge is 0.0717 e. The second-order valence-electron chi connectivity index (χ2n) is 4.76. The lowest BCUT2D eigenvalue weighted by Crippen LogP contribution is -2.06. The Morgan fingerprint density at radius 3 is 1.67 bits per heavy atom. The maximum atomic E-state index is 5.71. The van der Waals surface area contributed by atoms with Crippen LogP contribution in [-0.4, -0.2) is 49.4 Å². The molecule has 118 valence electrons. The number of hydrogen-bond acceptors (Lipinski definition) is 5. The topological polar surface area (TPSA) is 27.7 Å². The molecule has 0 spiro atoms. The van der Waals surface area contributed by atoms with Crippen LogP contribution in [0, 0.1) is 0 Å². The number of benzene rings is 1. The molecule has 1 aromatic carbocycles. The molecule has 2 rings (SSSR count). The van der Waals surface area contributed by atoms with Gasteiger partial charge in [-0.2, -0.15) is 23.5 Å². The predicted molar refractivity (Wildman–Crippen MR) is 91.2 cm³/mol. The zero-order valence-corrected chi connectivity index (χ0v) is 14.1. The van der Waals surface area contributed by atoms with E-state index in [1.807, 2.05) is 23.5 Å². The summed E-state index contributed by atoms with van der Waals surface area (Å²) >= 11 is 3.79. The zero-order valence-electron chi connectivity index (χ0n) is 12.4. The normalized spacial score (nSPS) is 20.4. The van der Waals surface area contributed by atoms with Gasteiger partial charge in [0.05, 0.1) is 39.6 Å². The number of hydrogen-bond donors (Lipinski definition) is 0. The molecule has 0 saturated heterocycles. The number of ether oxygens (including phenoxy) is 3. The highest BCUT2D eigenvalue weighted by Crippen LogP contribution is 2.10. The summed E-state index contributed by atoms with van der Waals surface area (Å²) in [7, 11) is 0. The fourth-order valence-corrected chi connectivity index (χ4v) is 3.32. The molecule has 0 atom stereocenters. The van der Waals surface area contributed by atoms with Crippen molar-refractivity contribution in [2.75, 3.05) is 49.4 Å². The van der Waals surface area contributed by atoms with Crippen molar-refractivity contribution in [2.45, 2.75) is 13.2 Å². The average Bonchev–Trinajstić information content (AvgIpc) is 2.51. The first kappa shape index (κ1) is 17.2. The monoisotopic (exact) mass is 328 g/mol. The lowest BCUT2D eigenvalue weighted by atomic mass is 10.1. The summed E-state index contributed by atoms with van der Waals surface area (Å²) in [6.45, 7) is 4.62. The molecular weight excluding hydrogens is 304 g/mol. The van der Waals surface area contributed by atoms with Gasteiger partial charge in [-0.1, -0.05) is 24.3 Å². The van der Waals surface area contributed by atoms with Crippen LogP contribution in [-0.2, 0) is 27.4 Å². The van der Waals surface area contributed by atoms with Crippen molar-refractivity contribution in [1.82, 2.24) is 0 Å². The summed E-state index contributed by atoms with van der Waals surface area (Å²) < 4.78 is 17.0. The highest BCUT2D eigenvalue weighted by Gasteiger charge is 1.99. The van der Waals surface area contributed by atoms with Gasteiger partial charge in [0, 0.05) is 23.0 Å². The molecule has 0 amide bonds. The number of thioether (sulfide) groups is 2. The van der Waals surface area contributed by atoms with Gasteiger partial charge in [-0.05, 0) is 11.1 Å².